The maximum atomic E-state index is 13.5. The molecule has 210 valence electrons. The van der Waals surface area contributed by atoms with Gasteiger partial charge in [0.25, 0.3) is 0 Å². The lowest BCUT2D eigenvalue weighted by molar-refractivity contribution is -0.143. The van der Waals surface area contributed by atoms with E-state index in [2.05, 4.69) is 25.8 Å². The van der Waals surface area contributed by atoms with Crippen molar-refractivity contribution in [3.05, 3.63) is 89.5 Å². The minimum absolute atomic E-state index is 0.00323. The molecule has 5 rings (SSSR count). The van der Waals surface area contributed by atoms with Gasteiger partial charge in [0.1, 0.15) is 31.2 Å². The third kappa shape index (κ3) is 6.17. The number of carbonyl (C=O) groups is 3. The Kier molecular flexibility index (Phi) is 7.66. The normalized spacial score (nSPS) is 14.7. The van der Waals surface area contributed by atoms with Gasteiger partial charge < -0.3 is 10.2 Å². The second-order valence-corrected chi connectivity index (χ2v) is 9.45. The first-order chi connectivity index (χ1) is 19.6. The van der Waals surface area contributed by atoms with E-state index in [0.29, 0.717) is 22.0 Å². The topological polar surface area (TPSA) is 126 Å². The van der Waals surface area contributed by atoms with E-state index >= 15 is 0 Å². The van der Waals surface area contributed by atoms with E-state index in [1.807, 2.05) is 0 Å². The molecule has 41 heavy (non-hydrogen) atoms. The molecule has 2 aromatic heterocycles. The van der Waals surface area contributed by atoms with Gasteiger partial charge >= 0.3 is 6.18 Å². The van der Waals surface area contributed by atoms with Gasteiger partial charge in [0, 0.05) is 11.4 Å². The lowest BCUT2D eigenvalue weighted by Gasteiger charge is -2.38. The first-order valence-corrected chi connectivity index (χ1v) is 12.5. The van der Waals surface area contributed by atoms with Crippen LogP contribution in [0, 0.1) is 0 Å². The Morgan fingerprint density at radius 3 is 2.44 bits per heavy atom. The van der Waals surface area contributed by atoms with Crippen LogP contribution in [0.3, 0.4) is 0 Å². The van der Waals surface area contributed by atoms with Crippen LogP contribution in [0.2, 0.25) is 5.02 Å². The molecule has 1 fully saturated rings. The summed E-state index contributed by atoms with van der Waals surface area (Å²) in [6.45, 7) is -0.856. The van der Waals surface area contributed by atoms with E-state index in [1.165, 1.54) is 22.0 Å². The molecule has 2 aromatic carbocycles. The van der Waals surface area contributed by atoms with Crippen molar-refractivity contribution >= 4 is 40.7 Å². The number of pyridine rings is 1. The molecule has 0 spiro atoms. The molecule has 0 aliphatic carbocycles. The molecule has 15 heteroatoms. The zero-order valence-corrected chi connectivity index (χ0v) is 21.7. The summed E-state index contributed by atoms with van der Waals surface area (Å²) in [5.74, 6) is -1.72. The minimum Gasteiger partial charge on any atom is -0.323 e. The Bertz CT molecular complexity index is 1570. The van der Waals surface area contributed by atoms with E-state index in [0.717, 1.165) is 23.2 Å². The second-order valence-electron chi connectivity index (χ2n) is 9.01. The van der Waals surface area contributed by atoms with Crippen molar-refractivity contribution in [2.24, 2.45) is 0 Å². The SMILES string of the molecule is O=C(Nc1ccc(C(F)(F)F)nc1)C(Cc1ccccc1)N1CC(=O)N(c2cc(Cl)ccc2-n2cnnn2)CC1=O. The molecule has 1 N–H and O–H groups in total. The van der Waals surface area contributed by atoms with Gasteiger partial charge in [0.2, 0.25) is 17.7 Å². The number of hydrogen-bond donors (Lipinski definition) is 1. The van der Waals surface area contributed by atoms with Gasteiger partial charge in [-0.3, -0.25) is 19.3 Å². The van der Waals surface area contributed by atoms with Crippen molar-refractivity contribution in [2.45, 2.75) is 18.6 Å². The van der Waals surface area contributed by atoms with Gasteiger partial charge in [-0.15, -0.1) is 5.10 Å². The van der Waals surface area contributed by atoms with E-state index in [1.54, 1.807) is 42.5 Å². The van der Waals surface area contributed by atoms with Gasteiger partial charge in [-0.1, -0.05) is 41.9 Å². The molecule has 1 unspecified atom stereocenters. The summed E-state index contributed by atoms with van der Waals surface area (Å²) in [6, 6.07) is 14.2. The lowest BCUT2D eigenvalue weighted by Crippen LogP contribution is -2.60. The van der Waals surface area contributed by atoms with Gasteiger partial charge in [0.15, 0.2) is 0 Å². The molecular formula is C26H20ClF3N8O3. The second kappa shape index (κ2) is 11.3. The highest BCUT2D eigenvalue weighted by Crippen LogP contribution is 2.30. The number of nitrogens with zero attached hydrogens (tertiary/aromatic N) is 7. The monoisotopic (exact) mass is 584 g/mol. The number of rotatable bonds is 7. The number of alkyl halides is 3. The molecule has 0 radical (unpaired) electrons. The molecule has 1 saturated heterocycles. The van der Waals surface area contributed by atoms with Crippen molar-refractivity contribution in [3.63, 3.8) is 0 Å². The summed E-state index contributed by atoms with van der Waals surface area (Å²) >= 11 is 6.19. The molecular weight excluding hydrogens is 565 g/mol. The van der Waals surface area contributed by atoms with Crippen LogP contribution in [0.5, 0.6) is 0 Å². The zero-order valence-electron chi connectivity index (χ0n) is 21.0. The zero-order chi connectivity index (χ0) is 29.1. The summed E-state index contributed by atoms with van der Waals surface area (Å²) in [5.41, 5.74) is 0.292. The smallest absolute Gasteiger partial charge is 0.323 e. The molecule has 1 atom stereocenters. The molecule has 1 aliphatic rings. The lowest BCUT2D eigenvalue weighted by atomic mass is 10.0. The van der Waals surface area contributed by atoms with Crippen LogP contribution < -0.4 is 10.2 Å². The van der Waals surface area contributed by atoms with E-state index in [-0.39, 0.29) is 12.1 Å². The van der Waals surface area contributed by atoms with Gasteiger partial charge in [-0.25, -0.2) is 4.98 Å². The number of benzene rings is 2. The van der Waals surface area contributed by atoms with E-state index in [9.17, 15) is 27.6 Å². The number of nitrogens with one attached hydrogen (secondary N) is 1. The Morgan fingerprint density at radius 1 is 1.00 bits per heavy atom. The van der Waals surface area contributed by atoms with Gasteiger partial charge in [-0.05, 0) is 46.3 Å². The maximum Gasteiger partial charge on any atom is 0.433 e. The Balaban J connectivity index is 1.41. The highest BCUT2D eigenvalue weighted by atomic mass is 35.5. The average molecular weight is 585 g/mol. The summed E-state index contributed by atoms with van der Waals surface area (Å²) in [7, 11) is 0. The maximum absolute atomic E-state index is 13.5. The Labute approximate surface area is 235 Å². The predicted octanol–water partition coefficient (Wildman–Crippen LogP) is 3.15. The van der Waals surface area contributed by atoms with E-state index in [4.69, 9.17) is 11.6 Å². The third-order valence-corrected chi connectivity index (χ3v) is 6.55. The highest BCUT2D eigenvalue weighted by molar-refractivity contribution is 6.31. The number of amides is 3. The fourth-order valence-corrected chi connectivity index (χ4v) is 4.52. The number of hydrogen-bond acceptors (Lipinski definition) is 7. The fourth-order valence-electron chi connectivity index (χ4n) is 4.36. The molecule has 0 saturated carbocycles. The van der Waals surface area contributed by atoms with Crippen molar-refractivity contribution < 1.29 is 27.6 Å². The van der Waals surface area contributed by atoms with Crippen molar-refractivity contribution in [1.29, 1.82) is 0 Å². The van der Waals surface area contributed by atoms with Crippen molar-refractivity contribution in [1.82, 2.24) is 30.1 Å². The number of aromatic nitrogens is 5. The van der Waals surface area contributed by atoms with Gasteiger partial charge in [0.05, 0.1) is 23.3 Å². The molecule has 3 amide bonds. The summed E-state index contributed by atoms with van der Waals surface area (Å²) in [4.78, 5) is 46.1. The number of piperazine rings is 1. The summed E-state index contributed by atoms with van der Waals surface area (Å²) < 4.78 is 40.0. The van der Waals surface area contributed by atoms with Crippen LogP contribution in [0.25, 0.3) is 5.69 Å². The van der Waals surface area contributed by atoms with Crippen LogP contribution in [0.15, 0.2) is 73.2 Å². The third-order valence-electron chi connectivity index (χ3n) is 6.32. The standard InChI is InChI=1S/C26H20ClF3N8O3/c27-17-6-8-19(38-15-32-34-35-38)20(11-17)36-13-24(40)37(14-23(36)39)21(10-16-4-2-1-3-5-16)25(41)33-18-7-9-22(31-12-18)26(28,29)30/h1-9,11-12,15,21H,10,13-14H2,(H,33,41). The molecule has 3 heterocycles. The van der Waals surface area contributed by atoms with Crippen molar-refractivity contribution in [3.8, 4) is 5.69 Å². The van der Waals surface area contributed by atoms with Crippen LogP contribution in [0.4, 0.5) is 24.5 Å². The van der Waals surface area contributed by atoms with Crippen LogP contribution >= 0.6 is 11.6 Å². The minimum atomic E-state index is -4.64. The molecule has 11 nitrogen and oxygen atoms in total. The first kappa shape index (κ1) is 27.7. The summed E-state index contributed by atoms with van der Waals surface area (Å²) in [6.07, 6.45) is -2.39. The van der Waals surface area contributed by atoms with Crippen LogP contribution in [0.1, 0.15) is 11.3 Å². The number of anilines is 2. The summed E-state index contributed by atoms with van der Waals surface area (Å²) in [5, 5.41) is 13.9. The van der Waals surface area contributed by atoms with Crippen molar-refractivity contribution in [2.75, 3.05) is 23.3 Å². The van der Waals surface area contributed by atoms with E-state index < -0.39 is 48.7 Å². The van der Waals surface area contributed by atoms with Gasteiger partial charge in [-0.2, -0.15) is 17.9 Å². The number of halogens is 4. The molecule has 4 aromatic rings. The number of tetrazole rings is 1. The predicted molar refractivity (Wildman–Crippen MR) is 140 cm³/mol. The number of carbonyl (C=O) groups excluding carboxylic acids is 3. The molecule has 0 bridgehead atoms. The fraction of sp³-hybridized carbons (Fsp3) is 0.192. The van der Waals surface area contributed by atoms with Crippen LogP contribution in [-0.4, -0.2) is 66.9 Å². The average Bonchev–Trinajstić information content (AvgIpc) is 3.48. The largest absolute Gasteiger partial charge is 0.433 e. The highest BCUT2D eigenvalue weighted by Gasteiger charge is 2.39. The quantitative estimate of drug-likeness (QED) is 0.354. The molecule has 1 aliphatic heterocycles. The van der Waals surface area contributed by atoms with Crippen LogP contribution in [-0.2, 0) is 27.0 Å². The first-order valence-electron chi connectivity index (χ1n) is 12.1. The Morgan fingerprint density at radius 2 is 1.78 bits per heavy atom. The Hall–Kier alpha value is -4.85.